The Morgan fingerprint density at radius 2 is 2.00 bits per heavy atom. The van der Waals surface area contributed by atoms with Crippen LogP contribution in [0.1, 0.15) is 46.0 Å². The molecular formula is C13H26N2O4. The Labute approximate surface area is 114 Å². The Bertz CT molecular complexity index is 259. The van der Waals surface area contributed by atoms with E-state index in [-0.39, 0.29) is 25.3 Å². The molecule has 0 saturated carbocycles. The Balaban J connectivity index is 3.43. The highest BCUT2D eigenvalue weighted by atomic mass is 16.5. The molecule has 0 bridgehead atoms. The van der Waals surface area contributed by atoms with Crippen LogP contribution in [0, 0.1) is 0 Å². The van der Waals surface area contributed by atoms with Crippen molar-refractivity contribution >= 4 is 12.0 Å². The van der Waals surface area contributed by atoms with Crippen molar-refractivity contribution in [2.75, 3.05) is 19.8 Å². The fraction of sp³-hybridized carbons (Fsp3) is 0.846. The van der Waals surface area contributed by atoms with E-state index >= 15 is 0 Å². The molecule has 0 aromatic heterocycles. The van der Waals surface area contributed by atoms with E-state index in [0.29, 0.717) is 6.54 Å². The molecule has 0 radical (unpaired) electrons. The van der Waals surface area contributed by atoms with Crippen LogP contribution >= 0.6 is 0 Å². The molecule has 6 nitrogen and oxygen atoms in total. The van der Waals surface area contributed by atoms with Crippen molar-refractivity contribution in [2.45, 2.75) is 52.0 Å². The largest absolute Gasteiger partial charge is 0.480 e. The molecule has 0 aromatic rings. The van der Waals surface area contributed by atoms with Gasteiger partial charge in [0.1, 0.15) is 6.61 Å². The Kier molecular flexibility index (Phi) is 11.0. The van der Waals surface area contributed by atoms with Gasteiger partial charge >= 0.3 is 12.0 Å². The molecule has 19 heavy (non-hydrogen) atoms. The van der Waals surface area contributed by atoms with Gasteiger partial charge in [0, 0.05) is 12.6 Å². The number of hydrogen-bond acceptors (Lipinski definition) is 3. The maximum absolute atomic E-state index is 11.4. The molecule has 0 spiro atoms. The third kappa shape index (κ3) is 12.9. The molecular weight excluding hydrogens is 248 g/mol. The number of nitrogens with one attached hydrogen (secondary N) is 2. The summed E-state index contributed by atoms with van der Waals surface area (Å²) in [6.45, 7) is 4.32. The summed E-state index contributed by atoms with van der Waals surface area (Å²) in [6, 6.07) is -0.0845. The van der Waals surface area contributed by atoms with Gasteiger partial charge in [-0.05, 0) is 13.3 Å². The van der Waals surface area contributed by atoms with Crippen molar-refractivity contribution in [2.24, 2.45) is 0 Å². The monoisotopic (exact) mass is 274 g/mol. The molecule has 0 saturated heterocycles. The van der Waals surface area contributed by atoms with Gasteiger partial charge in [-0.2, -0.15) is 0 Å². The standard InChI is InChI=1S/C13H26N2O4/c1-3-4-5-6-7-11(2)15-13(18)14-8-9-19-10-12(16)17/h11H,3-10H2,1-2H3,(H,16,17)(H2,14,15,18). The minimum absolute atomic E-state index is 0.150. The normalized spacial score (nSPS) is 11.9. The van der Waals surface area contributed by atoms with Crippen LogP contribution in [0.15, 0.2) is 0 Å². The number of unbranched alkanes of at least 4 members (excludes halogenated alkanes) is 3. The molecule has 2 amide bonds. The first-order valence-electron chi connectivity index (χ1n) is 6.90. The Hall–Kier alpha value is -1.30. The van der Waals surface area contributed by atoms with Crippen LogP contribution in [-0.4, -0.2) is 42.9 Å². The second-order valence-electron chi connectivity index (χ2n) is 4.60. The maximum Gasteiger partial charge on any atom is 0.329 e. The number of hydrogen-bond donors (Lipinski definition) is 3. The van der Waals surface area contributed by atoms with E-state index in [9.17, 15) is 9.59 Å². The van der Waals surface area contributed by atoms with Crippen LogP contribution in [0.2, 0.25) is 0 Å². The van der Waals surface area contributed by atoms with Crippen LogP contribution in [0.25, 0.3) is 0 Å². The van der Waals surface area contributed by atoms with Crippen molar-refractivity contribution in [3.05, 3.63) is 0 Å². The van der Waals surface area contributed by atoms with Crippen molar-refractivity contribution in [1.82, 2.24) is 10.6 Å². The first kappa shape index (κ1) is 17.7. The van der Waals surface area contributed by atoms with E-state index in [1.807, 2.05) is 6.92 Å². The fourth-order valence-corrected chi connectivity index (χ4v) is 1.62. The van der Waals surface area contributed by atoms with E-state index in [1.54, 1.807) is 0 Å². The summed E-state index contributed by atoms with van der Waals surface area (Å²) in [5.74, 6) is -1.01. The lowest BCUT2D eigenvalue weighted by Gasteiger charge is -2.14. The van der Waals surface area contributed by atoms with E-state index < -0.39 is 5.97 Å². The second-order valence-corrected chi connectivity index (χ2v) is 4.60. The molecule has 0 fully saturated rings. The highest BCUT2D eigenvalue weighted by Crippen LogP contribution is 2.04. The molecule has 112 valence electrons. The molecule has 0 aliphatic carbocycles. The third-order valence-corrected chi connectivity index (χ3v) is 2.63. The second kappa shape index (κ2) is 11.8. The van der Waals surface area contributed by atoms with Crippen LogP contribution in [0.4, 0.5) is 4.79 Å². The van der Waals surface area contributed by atoms with E-state index in [2.05, 4.69) is 17.6 Å². The van der Waals surface area contributed by atoms with Gasteiger partial charge in [0.05, 0.1) is 6.61 Å². The smallest absolute Gasteiger partial charge is 0.329 e. The molecule has 0 rings (SSSR count). The molecule has 0 aliphatic rings. The molecule has 0 aromatic carbocycles. The number of carbonyl (C=O) groups excluding carboxylic acids is 1. The average Bonchev–Trinajstić information content (AvgIpc) is 2.34. The topological polar surface area (TPSA) is 87.7 Å². The van der Waals surface area contributed by atoms with E-state index in [1.165, 1.54) is 19.3 Å². The van der Waals surface area contributed by atoms with E-state index in [4.69, 9.17) is 9.84 Å². The van der Waals surface area contributed by atoms with Gasteiger partial charge in [-0.3, -0.25) is 0 Å². The first-order chi connectivity index (χ1) is 9.06. The van der Waals surface area contributed by atoms with Gasteiger partial charge in [-0.1, -0.05) is 32.6 Å². The molecule has 1 unspecified atom stereocenters. The number of urea groups is 1. The summed E-state index contributed by atoms with van der Waals surface area (Å²) in [4.78, 5) is 21.6. The van der Waals surface area contributed by atoms with Gasteiger partial charge in [-0.15, -0.1) is 0 Å². The zero-order valence-electron chi connectivity index (χ0n) is 11.9. The molecule has 3 N–H and O–H groups in total. The van der Waals surface area contributed by atoms with Gasteiger partial charge in [-0.25, -0.2) is 9.59 Å². The first-order valence-corrected chi connectivity index (χ1v) is 6.90. The highest BCUT2D eigenvalue weighted by molar-refractivity contribution is 5.74. The number of carbonyl (C=O) groups is 2. The minimum atomic E-state index is -1.01. The lowest BCUT2D eigenvalue weighted by Crippen LogP contribution is -2.42. The van der Waals surface area contributed by atoms with Gasteiger partial charge in [0.25, 0.3) is 0 Å². The predicted octanol–water partition coefficient (Wildman–Crippen LogP) is 1.75. The fourth-order valence-electron chi connectivity index (χ4n) is 1.62. The number of amides is 2. The van der Waals surface area contributed by atoms with Crippen molar-refractivity contribution in [3.8, 4) is 0 Å². The molecule has 0 aliphatic heterocycles. The highest BCUT2D eigenvalue weighted by Gasteiger charge is 2.06. The Morgan fingerprint density at radius 3 is 2.63 bits per heavy atom. The summed E-state index contributed by atoms with van der Waals surface area (Å²) < 4.78 is 4.80. The summed E-state index contributed by atoms with van der Waals surface area (Å²) in [7, 11) is 0. The van der Waals surface area contributed by atoms with E-state index in [0.717, 1.165) is 12.8 Å². The van der Waals surface area contributed by atoms with Gasteiger partial charge < -0.3 is 20.5 Å². The van der Waals surface area contributed by atoms with Crippen LogP contribution in [0.5, 0.6) is 0 Å². The minimum Gasteiger partial charge on any atom is -0.480 e. The van der Waals surface area contributed by atoms with Crippen LogP contribution in [-0.2, 0) is 9.53 Å². The van der Waals surface area contributed by atoms with Crippen molar-refractivity contribution in [3.63, 3.8) is 0 Å². The summed E-state index contributed by atoms with van der Waals surface area (Å²) in [6.07, 6.45) is 5.74. The van der Waals surface area contributed by atoms with Gasteiger partial charge in [0.15, 0.2) is 0 Å². The summed E-state index contributed by atoms with van der Waals surface area (Å²) in [5, 5.41) is 13.8. The van der Waals surface area contributed by atoms with Crippen molar-refractivity contribution in [1.29, 1.82) is 0 Å². The average molecular weight is 274 g/mol. The number of ether oxygens (including phenoxy) is 1. The summed E-state index contributed by atoms with van der Waals surface area (Å²) >= 11 is 0. The molecule has 0 heterocycles. The summed E-state index contributed by atoms with van der Waals surface area (Å²) in [5.41, 5.74) is 0. The molecule has 1 atom stereocenters. The lowest BCUT2D eigenvalue weighted by molar-refractivity contribution is -0.142. The zero-order chi connectivity index (χ0) is 14.5. The van der Waals surface area contributed by atoms with Crippen LogP contribution in [0.3, 0.4) is 0 Å². The molecule has 6 heteroatoms. The Morgan fingerprint density at radius 1 is 1.26 bits per heavy atom. The third-order valence-electron chi connectivity index (χ3n) is 2.63. The number of rotatable bonds is 11. The van der Waals surface area contributed by atoms with Gasteiger partial charge in [0.2, 0.25) is 0 Å². The SMILES string of the molecule is CCCCCCC(C)NC(=O)NCCOCC(=O)O. The lowest BCUT2D eigenvalue weighted by atomic mass is 10.1. The zero-order valence-corrected chi connectivity index (χ0v) is 11.9. The predicted molar refractivity (Wildman–Crippen MR) is 73.2 cm³/mol. The maximum atomic E-state index is 11.4. The number of aliphatic carboxylic acids is 1. The number of carboxylic acid groups (broad SMARTS) is 1. The quantitative estimate of drug-likeness (QED) is 0.501. The van der Waals surface area contributed by atoms with Crippen molar-refractivity contribution < 1.29 is 19.4 Å². The number of carboxylic acids is 1. The van der Waals surface area contributed by atoms with Crippen LogP contribution < -0.4 is 10.6 Å².